The molecule has 2 aromatic carbocycles. The molecule has 0 atom stereocenters. The fourth-order valence-corrected chi connectivity index (χ4v) is 3.29. The number of hydrogen-bond acceptors (Lipinski definition) is 6. The molecule has 7 nitrogen and oxygen atoms in total. The fourth-order valence-electron chi connectivity index (χ4n) is 2.56. The lowest BCUT2D eigenvalue weighted by Crippen LogP contribution is -1.98. The number of para-hydroxylation sites is 1. The maximum Gasteiger partial charge on any atom is 0.199 e. The first-order chi connectivity index (χ1) is 12.8. The number of sulfone groups is 1. The second kappa shape index (κ2) is 7.16. The first kappa shape index (κ1) is 18.5. The Hall–Kier alpha value is -3.26. The molecule has 8 heteroatoms. The molecule has 3 aromatic rings. The number of nitrogens with zero attached hydrogens (tertiary/aromatic N) is 4. The second-order valence-corrected chi connectivity index (χ2v) is 7.72. The van der Waals surface area contributed by atoms with Crippen LogP contribution in [0.25, 0.3) is 5.69 Å². The van der Waals surface area contributed by atoms with E-state index in [1.54, 1.807) is 11.6 Å². The predicted molar refractivity (Wildman–Crippen MR) is 103 cm³/mol. The van der Waals surface area contributed by atoms with Gasteiger partial charge < -0.3 is 5.11 Å². The van der Waals surface area contributed by atoms with Crippen LogP contribution < -0.4 is 0 Å². The average Bonchev–Trinajstić information content (AvgIpc) is 2.95. The zero-order chi connectivity index (χ0) is 19.6. The van der Waals surface area contributed by atoms with Crippen molar-refractivity contribution in [3.63, 3.8) is 0 Å². The number of benzene rings is 2. The van der Waals surface area contributed by atoms with Gasteiger partial charge in [-0.3, -0.25) is 0 Å². The van der Waals surface area contributed by atoms with Gasteiger partial charge in [0.2, 0.25) is 0 Å². The standard InChI is InChI=1S/C19H18N4O3S/c1-4-27(25,26)16-10-11-18(24)17(12-16)20-21-19-13(2)22-23(14(19)3)15-8-6-5-7-9-15/h4-12,24H,1H2,2-3H3. The molecule has 0 aliphatic heterocycles. The van der Waals surface area contributed by atoms with Gasteiger partial charge in [-0.1, -0.05) is 24.8 Å². The smallest absolute Gasteiger partial charge is 0.199 e. The summed E-state index contributed by atoms with van der Waals surface area (Å²) >= 11 is 0. The van der Waals surface area contributed by atoms with Crippen molar-refractivity contribution in [1.82, 2.24) is 9.78 Å². The number of phenols is 1. The Balaban J connectivity index is 2.02. The third-order valence-corrected chi connectivity index (χ3v) is 5.36. The van der Waals surface area contributed by atoms with E-state index < -0.39 is 9.84 Å². The van der Waals surface area contributed by atoms with Crippen LogP contribution >= 0.6 is 0 Å². The Morgan fingerprint density at radius 1 is 1.11 bits per heavy atom. The summed E-state index contributed by atoms with van der Waals surface area (Å²) in [6.07, 6.45) is 0. The van der Waals surface area contributed by atoms with Gasteiger partial charge in [-0.05, 0) is 44.2 Å². The summed E-state index contributed by atoms with van der Waals surface area (Å²) in [5.41, 5.74) is 2.92. The van der Waals surface area contributed by atoms with Crippen LogP contribution in [0.3, 0.4) is 0 Å². The van der Waals surface area contributed by atoms with Crippen LogP contribution in [-0.2, 0) is 9.84 Å². The normalized spacial score (nSPS) is 11.8. The van der Waals surface area contributed by atoms with Crippen LogP contribution in [0, 0.1) is 13.8 Å². The number of aromatic nitrogens is 2. The molecule has 0 saturated heterocycles. The highest BCUT2D eigenvalue weighted by molar-refractivity contribution is 7.94. The maximum absolute atomic E-state index is 11.9. The largest absolute Gasteiger partial charge is 0.506 e. The molecule has 0 unspecified atom stereocenters. The van der Waals surface area contributed by atoms with E-state index >= 15 is 0 Å². The van der Waals surface area contributed by atoms with Crippen LogP contribution in [0.15, 0.2) is 75.6 Å². The summed E-state index contributed by atoms with van der Waals surface area (Å²) in [5.74, 6) is -0.174. The molecule has 0 spiro atoms. The highest BCUT2D eigenvalue weighted by Crippen LogP contribution is 2.33. The maximum atomic E-state index is 11.9. The Morgan fingerprint density at radius 3 is 2.48 bits per heavy atom. The number of aromatic hydroxyl groups is 1. The van der Waals surface area contributed by atoms with Crippen LogP contribution in [0.2, 0.25) is 0 Å². The van der Waals surface area contributed by atoms with E-state index in [4.69, 9.17) is 0 Å². The topological polar surface area (TPSA) is 96.9 Å². The van der Waals surface area contributed by atoms with Gasteiger partial charge in [0.1, 0.15) is 17.1 Å². The van der Waals surface area contributed by atoms with E-state index in [9.17, 15) is 13.5 Å². The molecule has 0 bridgehead atoms. The van der Waals surface area contributed by atoms with E-state index in [0.29, 0.717) is 11.4 Å². The number of phenolic OH excluding ortho intramolecular Hbond substituents is 1. The molecule has 0 aliphatic rings. The van der Waals surface area contributed by atoms with Crippen molar-refractivity contribution in [3.8, 4) is 11.4 Å². The van der Waals surface area contributed by atoms with Gasteiger partial charge in [0.05, 0.1) is 22.0 Å². The summed E-state index contributed by atoms with van der Waals surface area (Å²) in [4.78, 5) is -0.0160. The SMILES string of the molecule is C=CS(=O)(=O)c1ccc(O)c(N=Nc2c(C)nn(-c3ccccc3)c2C)c1. The molecule has 0 amide bonds. The van der Waals surface area contributed by atoms with E-state index in [0.717, 1.165) is 16.8 Å². The highest BCUT2D eigenvalue weighted by Gasteiger charge is 2.15. The summed E-state index contributed by atoms with van der Waals surface area (Å²) < 4.78 is 25.6. The number of rotatable bonds is 5. The number of azo groups is 1. The molecule has 1 aromatic heterocycles. The molecule has 0 aliphatic carbocycles. The van der Waals surface area contributed by atoms with Crippen LogP contribution in [0.1, 0.15) is 11.4 Å². The third-order valence-electron chi connectivity index (χ3n) is 4.01. The third kappa shape index (κ3) is 3.65. The van der Waals surface area contributed by atoms with Gasteiger partial charge in [0.25, 0.3) is 0 Å². The molecule has 1 heterocycles. The number of aryl methyl sites for hydroxylation is 1. The van der Waals surface area contributed by atoms with Crippen LogP contribution in [-0.4, -0.2) is 23.3 Å². The van der Waals surface area contributed by atoms with Crippen molar-refractivity contribution in [1.29, 1.82) is 0 Å². The summed E-state index contributed by atoms with van der Waals surface area (Å²) in [7, 11) is -3.63. The molecule has 1 N–H and O–H groups in total. The van der Waals surface area contributed by atoms with Crippen molar-refractivity contribution >= 4 is 21.2 Å². The van der Waals surface area contributed by atoms with Crippen molar-refractivity contribution in [2.45, 2.75) is 18.7 Å². The van der Waals surface area contributed by atoms with Gasteiger partial charge in [0, 0.05) is 5.41 Å². The fraction of sp³-hybridized carbons (Fsp3) is 0.105. The molecule has 0 saturated carbocycles. The van der Waals surface area contributed by atoms with Gasteiger partial charge in [-0.2, -0.15) is 5.10 Å². The lowest BCUT2D eigenvalue weighted by atomic mass is 10.3. The van der Waals surface area contributed by atoms with Crippen LogP contribution in [0.5, 0.6) is 5.75 Å². The van der Waals surface area contributed by atoms with Gasteiger partial charge in [-0.25, -0.2) is 13.1 Å². The zero-order valence-electron chi connectivity index (χ0n) is 14.9. The van der Waals surface area contributed by atoms with E-state index in [1.807, 2.05) is 37.3 Å². The Labute approximate surface area is 157 Å². The summed E-state index contributed by atoms with van der Waals surface area (Å²) in [6.45, 7) is 6.96. The summed E-state index contributed by atoms with van der Waals surface area (Å²) in [6, 6.07) is 13.4. The van der Waals surface area contributed by atoms with Gasteiger partial charge in [-0.15, -0.1) is 10.2 Å². The molecule has 0 fully saturated rings. The second-order valence-electron chi connectivity index (χ2n) is 5.83. The monoisotopic (exact) mass is 382 g/mol. The minimum atomic E-state index is -3.63. The Bertz CT molecular complexity index is 1130. The quantitative estimate of drug-likeness (QED) is 0.656. The van der Waals surface area contributed by atoms with Crippen molar-refractivity contribution in [2.24, 2.45) is 10.2 Å². The van der Waals surface area contributed by atoms with Crippen LogP contribution in [0.4, 0.5) is 11.4 Å². The van der Waals surface area contributed by atoms with E-state index in [-0.39, 0.29) is 16.3 Å². The minimum absolute atomic E-state index is 0.0160. The first-order valence-electron chi connectivity index (χ1n) is 8.07. The van der Waals surface area contributed by atoms with E-state index in [1.165, 1.54) is 18.2 Å². The predicted octanol–water partition coefficient (Wildman–Crippen LogP) is 4.53. The molecule has 27 heavy (non-hydrogen) atoms. The molecule has 138 valence electrons. The number of hydrogen-bond donors (Lipinski definition) is 1. The average molecular weight is 382 g/mol. The Morgan fingerprint density at radius 2 is 1.81 bits per heavy atom. The Kier molecular flexibility index (Phi) is 4.91. The molecule has 3 rings (SSSR count). The summed E-state index contributed by atoms with van der Waals surface area (Å²) in [5, 5.41) is 23.5. The lowest BCUT2D eigenvalue weighted by Gasteiger charge is -2.03. The minimum Gasteiger partial charge on any atom is -0.506 e. The van der Waals surface area contributed by atoms with Gasteiger partial charge in [0.15, 0.2) is 9.84 Å². The van der Waals surface area contributed by atoms with Crippen molar-refractivity contribution in [3.05, 3.63) is 71.9 Å². The first-order valence-corrected chi connectivity index (χ1v) is 9.62. The van der Waals surface area contributed by atoms with Gasteiger partial charge >= 0.3 is 0 Å². The highest BCUT2D eigenvalue weighted by atomic mass is 32.2. The molecular formula is C19H18N4O3S. The van der Waals surface area contributed by atoms with E-state index in [2.05, 4.69) is 21.9 Å². The van der Waals surface area contributed by atoms with Crippen molar-refractivity contribution < 1.29 is 13.5 Å². The molecular weight excluding hydrogens is 364 g/mol. The lowest BCUT2D eigenvalue weighted by molar-refractivity contribution is 0.476. The molecule has 0 radical (unpaired) electrons. The zero-order valence-corrected chi connectivity index (χ0v) is 15.7. The van der Waals surface area contributed by atoms with Crippen molar-refractivity contribution in [2.75, 3.05) is 0 Å².